The van der Waals surface area contributed by atoms with Crippen molar-refractivity contribution in [3.05, 3.63) is 54.1 Å². The molecule has 0 aliphatic carbocycles. The number of hydrazine groups is 1. The zero-order valence-corrected chi connectivity index (χ0v) is 26.9. The quantitative estimate of drug-likeness (QED) is 0.288. The average Bonchev–Trinajstić information content (AvgIpc) is 3.53. The van der Waals surface area contributed by atoms with E-state index in [-0.39, 0.29) is 54.5 Å². The molecular formula is C32H46N4O7S. The van der Waals surface area contributed by atoms with Gasteiger partial charge < -0.3 is 19.9 Å². The number of carbonyl (C=O) groups is 2. The molecule has 242 valence electrons. The molecule has 1 saturated heterocycles. The molecule has 2 heterocycles. The third kappa shape index (κ3) is 8.71. The standard InChI is InChI=1S/C32H46N4O7S/c1-22(2)17-31(38)36(34-32(39)26-11-8-14-33-26)27(18-24-9-6-5-7-10-24)28(37)21-35(20-23(3)4)44(40,41)25-12-13-29-30(19-25)43-16-15-42-29/h5-7,9-10,12-13,19,22-23,26-28,33,37H,8,11,14-18,20-21H2,1-4H3,(H,34,39)/t26?,27-,28+/m0/s1. The van der Waals surface area contributed by atoms with E-state index in [1.807, 2.05) is 58.0 Å². The van der Waals surface area contributed by atoms with Crippen LogP contribution in [0.4, 0.5) is 0 Å². The summed E-state index contributed by atoms with van der Waals surface area (Å²) >= 11 is 0. The third-order valence-corrected chi connectivity index (χ3v) is 9.46. The maximum atomic E-state index is 14.0. The van der Waals surface area contributed by atoms with Crippen molar-refractivity contribution >= 4 is 21.8 Å². The Morgan fingerprint density at radius 1 is 1.00 bits per heavy atom. The third-order valence-electron chi connectivity index (χ3n) is 7.63. The summed E-state index contributed by atoms with van der Waals surface area (Å²) in [4.78, 5) is 27.0. The van der Waals surface area contributed by atoms with Crippen LogP contribution in [0.25, 0.3) is 0 Å². The highest BCUT2D eigenvalue weighted by Gasteiger charge is 2.37. The SMILES string of the molecule is CC(C)CC(=O)N(NC(=O)C1CCCN1)[C@@H](Cc1ccccc1)[C@H](O)CN(CC(C)C)S(=O)(=O)c1ccc2c(c1)OCCO2. The van der Waals surface area contributed by atoms with E-state index in [1.165, 1.54) is 21.4 Å². The molecule has 0 saturated carbocycles. The first kappa shape index (κ1) is 33.7. The van der Waals surface area contributed by atoms with Crippen molar-refractivity contribution in [1.29, 1.82) is 0 Å². The molecule has 2 aromatic rings. The molecule has 0 aromatic heterocycles. The summed E-state index contributed by atoms with van der Waals surface area (Å²) in [5, 5.41) is 16.3. The number of carbonyl (C=O) groups excluding carboxylic acids is 2. The van der Waals surface area contributed by atoms with Gasteiger partial charge in [-0.1, -0.05) is 58.0 Å². The molecule has 2 amide bonds. The van der Waals surface area contributed by atoms with Gasteiger partial charge >= 0.3 is 0 Å². The Bertz CT molecular complexity index is 1360. The van der Waals surface area contributed by atoms with Gasteiger partial charge in [-0.25, -0.2) is 13.4 Å². The Balaban J connectivity index is 1.68. The van der Waals surface area contributed by atoms with E-state index in [9.17, 15) is 23.1 Å². The maximum absolute atomic E-state index is 14.0. The summed E-state index contributed by atoms with van der Waals surface area (Å²) in [5.74, 6) is 0.0465. The average molecular weight is 631 g/mol. The molecule has 0 radical (unpaired) electrons. The molecule has 44 heavy (non-hydrogen) atoms. The number of sulfonamides is 1. The van der Waals surface area contributed by atoms with E-state index in [2.05, 4.69) is 10.7 Å². The molecule has 1 unspecified atom stereocenters. The molecule has 1 fully saturated rings. The molecule has 2 aliphatic rings. The number of nitrogens with one attached hydrogen (secondary N) is 2. The van der Waals surface area contributed by atoms with Crippen molar-refractivity contribution in [3.63, 3.8) is 0 Å². The number of rotatable bonds is 13. The lowest BCUT2D eigenvalue weighted by atomic mass is 9.99. The number of nitrogens with zero attached hydrogens (tertiary/aromatic N) is 2. The zero-order valence-electron chi connectivity index (χ0n) is 26.1. The van der Waals surface area contributed by atoms with Gasteiger partial charge in [-0.15, -0.1) is 0 Å². The molecule has 0 spiro atoms. The predicted molar refractivity (Wildman–Crippen MR) is 166 cm³/mol. The van der Waals surface area contributed by atoms with Crippen LogP contribution in [0.15, 0.2) is 53.4 Å². The van der Waals surface area contributed by atoms with Crippen molar-refractivity contribution in [2.75, 3.05) is 32.8 Å². The van der Waals surface area contributed by atoms with Crippen molar-refractivity contribution < 1.29 is 32.6 Å². The molecular weight excluding hydrogens is 584 g/mol. The summed E-state index contributed by atoms with van der Waals surface area (Å²) in [6, 6.07) is 12.4. The first-order chi connectivity index (χ1) is 21.0. The minimum Gasteiger partial charge on any atom is -0.486 e. The lowest BCUT2D eigenvalue weighted by molar-refractivity contribution is -0.149. The molecule has 4 rings (SSSR count). The number of aliphatic hydroxyl groups excluding tert-OH is 1. The van der Waals surface area contributed by atoms with E-state index >= 15 is 0 Å². The van der Waals surface area contributed by atoms with Gasteiger partial charge in [0.2, 0.25) is 15.9 Å². The Morgan fingerprint density at radius 3 is 2.34 bits per heavy atom. The van der Waals surface area contributed by atoms with Crippen molar-refractivity contribution in [2.45, 2.75) is 76.5 Å². The first-order valence-electron chi connectivity index (χ1n) is 15.4. The predicted octanol–water partition coefficient (Wildman–Crippen LogP) is 2.73. The lowest BCUT2D eigenvalue weighted by Gasteiger charge is -2.38. The number of hydrogen-bond acceptors (Lipinski definition) is 8. The highest BCUT2D eigenvalue weighted by atomic mass is 32.2. The van der Waals surface area contributed by atoms with Crippen LogP contribution in [0, 0.1) is 11.8 Å². The summed E-state index contributed by atoms with van der Waals surface area (Å²) in [7, 11) is -4.10. The van der Waals surface area contributed by atoms with Gasteiger partial charge in [-0.05, 0) is 55.3 Å². The minimum atomic E-state index is -4.10. The Kier molecular flexibility index (Phi) is 11.6. The van der Waals surface area contributed by atoms with Crippen molar-refractivity contribution in [1.82, 2.24) is 20.1 Å². The molecule has 11 nitrogen and oxygen atoms in total. The number of aliphatic hydroxyl groups is 1. The molecule has 12 heteroatoms. The molecule has 3 atom stereocenters. The van der Waals surface area contributed by atoms with Crippen LogP contribution in [-0.2, 0) is 26.0 Å². The lowest BCUT2D eigenvalue weighted by Crippen LogP contribution is -2.61. The van der Waals surface area contributed by atoms with Gasteiger partial charge in [0.15, 0.2) is 11.5 Å². The number of benzene rings is 2. The van der Waals surface area contributed by atoms with Gasteiger partial charge in [0.25, 0.3) is 5.91 Å². The second kappa shape index (κ2) is 15.2. The van der Waals surface area contributed by atoms with Gasteiger partial charge in [-0.2, -0.15) is 4.31 Å². The maximum Gasteiger partial charge on any atom is 0.255 e. The van der Waals surface area contributed by atoms with Gasteiger partial charge in [0, 0.05) is 25.6 Å². The van der Waals surface area contributed by atoms with Crippen LogP contribution >= 0.6 is 0 Å². The van der Waals surface area contributed by atoms with E-state index in [4.69, 9.17) is 9.47 Å². The van der Waals surface area contributed by atoms with Crippen LogP contribution in [0.5, 0.6) is 11.5 Å². The highest BCUT2D eigenvalue weighted by molar-refractivity contribution is 7.89. The summed E-state index contributed by atoms with van der Waals surface area (Å²) in [6.45, 7) is 8.84. The first-order valence-corrected chi connectivity index (χ1v) is 16.9. The number of ether oxygens (including phenoxy) is 2. The summed E-state index contributed by atoms with van der Waals surface area (Å²) in [5.41, 5.74) is 3.64. The molecule has 2 aromatic carbocycles. The summed E-state index contributed by atoms with van der Waals surface area (Å²) in [6.07, 6.45) is 0.482. The number of fused-ring (bicyclic) bond motifs is 1. The monoisotopic (exact) mass is 630 g/mol. The Morgan fingerprint density at radius 2 is 1.70 bits per heavy atom. The van der Waals surface area contributed by atoms with Crippen LogP contribution in [0.3, 0.4) is 0 Å². The van der Waals surface area contributed by atoms with Crippen molar-refractivity contribution in [2.24, 2.45) is 11.8 Å². The van der Waals surface area contributed by atoms with Crippen LogP contribution < -0.4 is 20.2 Å². The minimum absolute atomic E-state index is 0.00551. The van der Waals surface area contributed by atoms with E-state index in [0.717, 1.165) is 12.0 Å². The molecule has 3 N–H and O–H groups in total. The fourth-order valence-corrected chi connectivity index (χ4v) is 7.12. The topological polar surface area (TPSA) is 138 Å². The van der Waals surface area contributed by atoms with E-state index in [1.54, 1.807) is 6.07 Å². The van der Waals surface area contributed by atoms with Gasteiger partial charge in [0.1, 0.15) is 13.2 Å². The number of hydrogen-bond donors (Lipinski definition) is 3. The zero-order chi connectivity index (χ0) is 31.9. The second-order valence-corrected chi connectivity index (χ2v) is 14.3. The molecule has 2 aliphatic heterocycles. The Hall–Kier alpha value is -3.19. The molecule has 0 bridgehead atoms. The normalized spacial score (nSPS) is 18.0. The smallest absolute Gasteiger partial charge is 0.255 e. The Labute approximate surface area is 260 Å². The van der Waals surface area contributed by atoms with Gasteiger partial charge in [0.05, 0.1) is 23.1 Å². The van der Waals surface area contributed by atoms with Gasteiger partial charge in [-0.3, -0.25) is 15.0 Å². The number of amides is 2. The highest BCUT2D eigenvalue weighted by Crippen LogP contribution is 2.33. The fourth-order valence-electron chi connectivity index (χ4n) is 5.48. The van der Waals surface area contributed by atoms with E-state index in [0.29, 0.717) is 37.7 Å². The second-order valence-electron chi connectivity index (χ2n) is 12.3. The summed E-state index contributed by atoms with van der Waals surface area (Å²) < 4.78 is 40.5. The van der Waals surface area contributed by atoms with Crippen molar-refractivity contribution in [3.8, 4) is 11.5 Å². The van der Waals surface area contributed by atoms with Crippen LogP contribution in [0.1, 0.15) is 52.5 Å². The fraction of sp³-hybridized carbons (Fsp3) is 0.562. The largest absolute Gasteiger partial charge is 0.486 e. The van der Waals surface area contributed by atoms with Crippen LogP contribution in [-0.4, -0.2) is 85.7 Å². The van der Waals surface area contributed by atoms with E-state index < -0.39 is 28.2 Å². The van der Waals surface area contributed by atoms with Crippen LogP contribution in [0.2, 0.25) is 0 Å².